The third-order valence-electron chi connectivity index (χ3n) is 16.2. The van der Waals surface area contributed by atoms with Crippen LogP contribution < -0.4 is 0 Å². The predicted octanol–water partition coefficient (Wildman–Crippen LogP) is 12.7. The van der Waals surface area contributed by atoms with E-state index in [4.69, 9.17) is 0 Å². The Balaban J connectivity index is 1.13. The van der Waals surface area contributed by atoms with Crippen molar-refractivity contribution in [2.75, 3.05) is 0 Å². The van der Waals surface area contributed by atoms with E-state index in [-0.39, 0.29) is 15.7 Å². The molecule has 8 heteroatoms. The summed E-state index contributed by atoms with van der Waals surface area (Å²) in [6.07, 6.45) is 17.9. The summed E-state index contributed by atoms with van der Waals surface area (Å²) < 4.78 is 69.5. The van der Waals surface area contributed by atoms with Gasteiger partial charge in [-0.15, -0.1) is 0 Å². The van der Waals surface area contributed by atoms with Crippen LogP contribution in [0.15, 0.2) is 88.7 Å². The van der Waals surface area contributed by atoms with Gasteiger partial charge in [-0.2, -0.15) is 16.8 Å². The zero-order valence-electron chi connectivity index (χ0n) is 34.5. The van der Waals surface area contributed by atoms with Crippen molar-refractivity contribution in [2.45, 2.75) is 121 Å². The predicted molar refractivity (Wildman–Crippen MR) is 231 cm³/mol. The van der Waals surface area contributed by atoms with E-state index in [1.807, 2.05) is 36.4 Å². The molecule has 2 N–H and O–H groups in total. The first kappa shape index (κ1) is 40.7. The van der Waals surface area contributed by atoms with Crippen LogP contribution in [0.4, 0.5) is 0 Å². The minimum absolute atomic E-state index is 0.170. The van der Waals surface area contributed by atoms with E-state index in [1.54, 1.807) is 24.3 Å². The molecule has 4 saturated carbocycles. The fourth-order valence-electron chi connectivity index (χ4n) is 13.3. The van der Waals surface area contributed by atoms with Crippen LogP contribution in [-0.2, 0) is 20.2 Å². The van der Waals surface area contributed by atoms with E-state index in [0.29, 0.717) is 27.5 Å². The van der Waals surface area contributed by atoms with Gasteiger partial charge in [0, 0.05) is 0 Å². The highest BCUT2D eigenvalue weighted by Crippen LogP contribution is 2.69. The average molecular weight is 811 g/mol. The van der Waals surface area contributed by atoms with Crippen LogP contribution in [0.25, 0.3) is 27.1 Å². The molecule has 8 rings (SSSR count). The summed E-state index contributed by atoms with van der Waals surface area (Å²) >= 11 is 0. The first-order valence-electron chi connectivity index (χ1n) is 21.7. The molecule has 0 amide bonds. The number of hydrogen-bond donors (Lipinski definition) is 2. The average Bonchev–Trinajstić information content (AvgIpc) is 3.52. The molecular formula is C49H62O6S2. The van der Waals surface area contributed by atoms with Gasteiger partial charge >= 0.3 is 0 Å². The maximum Gasteiger partial charge on any atom is 0.294 e. The second-order valence-electron chi connectivity index (χ2n) is 19.6. The molecule has 4 fully saturated rings. The van der Waals surface area contributed by atoms with Crippen molar-refractivity contribution >= 4 is 47.4 Å². The first-order chi connectivity index (χ1) is 27.0. The van der Waals surface area contributed by atoms with Gasteiger partial charge in [-0.1, -0.05) is 108 Å². The smallest absolute Gasteiger partial charge is 0.282 e. The Morgan fingerprint density at radius 1 is 0.702 bits per heavy atom. The quantitative estimate of drug-likeness (QED) is 0.154. The lowest BCUT2D eigenvalue weighted by atomic mass is 9.44. The molecule has 9 atom stereocenters. The van der Waals surface area contributed by atoms with Crippen LogP contribution in [0.2, 0.25) is 0 Å². The van der Waals surface area contributed by atoms with Crippen LogP contribution in [0.3, 0.4) is 0 Å². The molecule has 4 aliphatic carbocycles. The molecule has 0 radical (unpaired) electrons. The normalized spacial score (nSPS) is 30.8. The maximum absolute atomic E-state index is 12.4. The Labute approximate surface area is 341 Å². The highest BCUT2D eigenvalue weighted by molar-refractivity contribution is 7.86. The highest BCUT2D eigenvalue weighted by atomic mass is 32.2. The van der Waals surface area contributed by atoms with Crippen LogP contribution in [0.5, 0.6) is 0 Å². The zero-order chi connectivity index (χ0) is 40.5. The van der Waals surface area contributed by atoms with Crippen molar-refractivity contribution in [3.05, 3.63) is 90.0 Å². The van der Waals surface area contributed by atoms with Gasteiger partial charge in [0.2, 0.25) is 0 Å². The second-order valence-corrected chi connectivity index (χ2v) is 22.5. The minimum atomic E-state index is -4.45. The molecule has 0 bridgehead atoms. The van der Waals surface area contributed by atoms with E-state index in [2.05, 4.69) is 40.7 Å². The zero-order valence-corrected chi connectivity index (χ0v) is 36.1. The summed E-state index contributed by atoms with van der Waals surface area (Å²) in [6, 6.07) is 21.1. The molecule has 6 nitrogen and oxygen atoms in total. The number of hydrogen-bond acceptors (Lipinski definition) is 4. The third-order valence-corrected chi connectivity index (χ3v) is 17.9. The standard InChI is InChI=1S/C49H62O6S2/c1-31(2)9-6-10-32(3)45-21-22-46-41-20-17-36-27-33(23-25-48(36,4)47(41)24-26-49(45,46)5)28-44(39-13-7-11-34-15-18-37(29-42(34)39)56(50,51)52)40-14-8-12-35-16-19-38(30-43(35)40)57(53,54)55/h7-8,11-16,18-19,28-33,36,41,45-47H,6,9-10,17,20-27H2,1-5H3,(H,50,51,52)(H,53,54,55)/t32-,33+,36+,41+,45-,46+,47+,48+,49-/m1/s1. The Kier molecular flexibility index (Phi) is 10.9. The van der Waals surface area contributed by atoms with Crippen LogP contribution in [0, 0.1) is 58.2 Å². The van der Waals surface area contributed by atoms with Crippen LogP contribution in [0.1, 0.15) is 123 Å². The Hall–Kier alpha value is -3.04. The summed E-state index contributed by atoms with van der Waals surface area (Å²) in [4.78, 5) is -0.340. The lowest BCUT2D eigenvalue weighted by molar-refractivity contribution is -0.118. The highest BCUT2D eigenvalue weighted by Gasteiger charge is 2.60. The molecule has 4 aromatic carbocycles. The van der Waals surface area contributed by atoms with E-state index >= 15 is 0 Å². The van der Waals surface area contributed by atoms with Crippen molar-refractivity contribution in [1.29, 1.82) is 0 Å². The maximum atomic E-state index is 12.4. The fourth-order valence-corrected chi connectivity index (χ4v) is 14.3. The van der Waals surface area contributed by atoms with Crippen LogP contribution in [-0.4, -0.2) is 25.9 Å². The van der Waals surface area contributed by atoms with E-state index < -0.39 is 20.2 Å². The Morgan fingerprint density at radius 2 is 1.28 bits per heavy atom. The fraction of sp³-hybridized carbons (Fsp3) is 0.551. The van der Waals surface area contributed by atoms with Gasteiger partial charge < -0.3 is 0 Å². The van der Waals surface area contributed by atoms with E-state index in [1.165, 1.54) is 76.3 Å². The van der Waals surface area contributed by atoms with Gasteiger partial charge in [-0.3, -0.25) is 9.11 Å². The Morgan fingerprint density at radius 3 is 1.86 bits per heavy atom. The first-order valence-corrected chi connectivity index (χ1v) is 24.6. The summed E-state index contributed by atoms with van der Waals surface area (Å²) in [5, 5.41) is 3.06. The van der Waals surface area contributed by atoms with Crippen molar-refractivity contribution in [3.8, 4) is 0 Å². The molecule has 0 aromatic heterocycles. The molecule has 4 aliphatic rings. The number of benzene rings is 4. The molecule has 0 heterocycles. The van der Waals surface area contributed by atoms with Crippen molar-refractivity contribution < 1.29 is 25.9 Å². The van der Waals surface area contributed by atoms with Gasteiger partial charge in [0.15, 0.2) is 0 Å². The molecule has 4 aromatic rings. The minimum Gasteiger partial charge on any atom is -0.282 e. The van der Waals surface area contributed by atoms with Crippen molar-refractivity contribution in [3.63, 3.8) is 0 Å². The van der Waals surface area contributed by atoms with Crippen LogP contribution >= 0.6 is 0 Å². The summed E-state index contributed by atoms with van der Waals surface area (Å²) in [7, 11) is -8.91. The Bertz CT molecular complexity index is 2300. The van der Waals surface area contributed by atoms with Gasteiger partial charge in [0.1, 0.15) is 0 Å². The van der Waals surface area contributed by atoms with Crippen molar-refractivity contribution in [1.82, 2.24) is 0 Å². The van der Waals surface area contributed by atoms with Crippen molar-refractivity contribution in [2.24, 2.45) is 58.2 Å². The SMILES string of the molecule is CC(C)CCC[C@@H](C)[C@H]1CC[C@H]2[C@@H]3CC[C@H]4C[C@@H](C=C(c5cccc6ccc(S(=O)(=O)O)cc56)c5cccc6ccc(S(=O)(=O)O)cc56)CC[C@]4(C)[C@H]3CC[C@]12C. The van der Waals surface area contributed by atoms with Gasteiger partial charge in [0.25, 0.3) is 20.2 Å². The number of allylic oxidation sites excluding steroid dienone is 1. The monoisotopic (exact) mass is 810 g/mol. The lowest BCUT2D eigenvalue weighted by Crippen LogP contribution is -2.53. The molecule has 57 heavy (non-hydrogen) atoms. The molecule has 0 saturated heterocycles. The molecule has 306 valence electrons. The van der Waals surface area contributed by atoms with E-state index in [9.17, 15) is 25.9 Å². The molecule has 0 unspecified atom stereocenters. The summed E-state index contributed by atoms with van der Waals surface area (Å²) in [5.41, 5.74) is 3.32. The number of rotatable bonds is 10. The van der Waals surface area contributed by atoms with Gasteiger partial charge in [0.05, 0.1) is 9.79 Å². The molecular weight excluding hydrogens is 749 g/mol. The topological polar surface area (TPSA) is 109 Å². The largest absolute Gasteiger partial charge is 0.294 e. The number of fused-ring (bicyclic) bond motifs is 7. The third kappa shape index (κ3) is 7.55. The van der Waals surface area contributed by atoms with Gasteiger partial charge in [-0.05, 0) is 178 Å². The summed E-state index contributed by atoms with van der Waals surface area (Å²) in [5.74, 6) is 5.76. The summed E-state index contributed by atoms with van der Waals surface area (Å²) in [6.45, 7) is 12.6. The molecule has 0 aliphatic heterocycles. The lowest BCUT2D eigenvalue weighted by Gasteiger charge is -2.61. The van der Waals surface area contributed by atoms with Gasteiger partial charge in [-0.25, -0.2) is 0 Å². The van der Waals surface area contributed by atoms with E-state index in [0.717, 1.165) is 75.8 Å². The molecule has 0 spiro atoms. The second kappa shape index (κ2) is 15.2.